The van der Waals surface area contributed by atoms with Crippen molar-refractivity contribution in [2.24, 2.45) is 0 Å². The Morgan fingerprint density at radius 1 is 1.60 bits per heavy atom. The van der Waals surface area contributed by atoms with Crippen molar-refractivity contribution in [3.63, 3.8) is 0 Å². The highest BCUT2D eigenvalue weighted by Crippen LogP contribution is 2.15. The molecule has 56 valence electrons. The van der Waals surface area contributed by atoms with Gasteiger partial charge >= 0.3 is 0 Å². The fourth-order valence-electron chi connectivity index (χ4n) is 0.861. The third kappa shape index (κ3) is 1.35. The highest BCUT2D eigenvalue weighted by molar-refractivity contribution is 5.29. The van der Waals surface area contributed by atoms with Gasteiger partial charge in [-0.15, -0.1) is 0 Å². The first-order valence-corrected chi connectivity index (χ1v) is 3.11. The average Bonchev–Trinajstić information content (AvgIpc) is 1.88. The topological polar surface area (TPSA) is 12.0 Å². The minimum atomic E-state index is -2.36. The van der Waals surface area contributed by atoms with Gasteiger partial charge in [0, 0.05) is 17.8 Å². The van der Waals surface area contributed by atoms with Gasteiger partial charge in [0.15, 0.2) is 0 Å². The van der Waals surface area contributed by atoms with E-state index in [-0.39, 0.29) is 5.57 Å². The lowest BCUT2D eigenvalue weighted by Crippen LogP contribution is -2.18. The van der Waals surface area contributed by atoms with Crippen LogP contribution >= 0.6 is 0 Å². The highest BCUT2D eigenvalue weighted by atomic mass is 19.3. The highest BCUT2D eigenvalue weighted by Gasteiger charge is 2.12. The van der Waals surface area contributed by atoms with Gasteiger partial charge < -0.3 is 5.32 Å². The predicted molar refractivity (Wildman–Crippen MR) is 35.8 cm³/mol. The van der Waals surface area contributed by atoms with E-state index in [1.165, 1.54) is 6.08 Å². The number of nitrogens with one attached hydrogen (secondary N) is 1. The van der Waals surface area contributed by atoms with E-state index < -0.39 is 6.43 Å². The maximum atomic E-state index is 12.0. The molecule has 0 aromatic rings. The molecule has 0 spiro atoms. The molecule has 0 aliphatic carbocycles. The third-order valence-corrected chi connectivity index (χ3v) is 1.45. The zero-order chi connectivity index (χ0) is 7.56. The van der Waals surface area contributed by atoms with Gasteiger partial charge in [0.1, 0.15) is 0 Å². The molecule has 1 aliphatic heterocycles. The maximum Gasteiger partial charge on any atom is 0.265 e. The number of alkyl halides is 2. The lowest BCUT2D eigenvalue weighted by Gasteiger charge is -2.13. The van der Waals surface area contributed by atoms with Crippen molar-refractivity contribution in [1.82, 2.24) is 5.32 Å². The van der Waals surface area contributed by atoms with Crippen LogP contribution in [-0.4, -0.2) is 13.0 Å². The lowest BCUT2D eigenvalue weighted by molar-refractivity contribution is 0.191. The molecule has 0 aromatic carbocycles. The summed E-state index contributed by atoms with van der Waals surface area (Å²) in [5, 5.41) is 2.83. The van der Waals surface area contributed by atoms with E-state index in [1.54, 1.807) is 13.0 Å². The van der Waals surface area contributed by atoms with Gasteiger partial charge in [-0.1, -0.05) is 12.2 Å². The second kappa shape index (κ2) is 2.82. The molecule has 1 heterocycles. The van der Waals surface area contributed by atoms with Crippen molar-refractivity contribution in [2.45, 2.75) is 13.3 Å². The SMILES string of the molecule is CC1=C(C(F)F)C=CCN1. The monoisotopic (exact) mass is 145 g/mol. The standard InChI is InChI=1S/C7H9F2N/c1-5-6(7(8)9)3-2-4-10-5/h2-3,7,10H,4H2,1H3. The number of rotatable bonds is 1. The van der Waals surface area contributed by atoms with Crippen LogP contribution in [0, 0.1) is 0 Å². The molecule has 1 rings (SSSR count). The molecule has 0 saturated heterocycles. The molecule has 1 N–H and O–H groups in total. The Morgan fingerprint density at radius 2 is 2.30 bits per heavy atom. The number of dihydropyridines is 1. The van der Waals surface area contributed by atoms with Gasteiger partial charge in [0.2, 0.25) is 0 Å². The smallest absolute Gasteiger partial charge is 0.265 e. The molecule has 1 nitrogen and oxygen atoms in total. The molecule has 0 bridgehead atoms. The molecule has 0 radical (unpaired) electrons. The fraction of sp³-hybridized carbons (Fsp3) is 0.429. The van der Waals surface area contributed by atoms with Crippen molar-refractivity contribution in [3.05, 3.63) is 23.4 Å². The molecule has 0 saturated carbocycles. The van der Waals surface area contributed by atoms with Crippen LogP contribution < -0.4 is 5.32 Å². The first kappa shape index (κ1) is 7.25. The Hall–Kier alpha value is -0.860. The largest absolute Gasteiger partial charge is 0.385 e. The van der Waals surface area contributed by atoms with Crippen molar-refractivity contribution < 1.29 is 8.78 Å². The summed E-state index contributed by atoms with van der Waals surface area (Å²) in [5.41, 5.74) is 0.684. The van der Waals surface area contributed by atoms with Crippen LogP contribution in [0.4, 0.5) is 8.78 Å². The Bertz CT molecular complexity index is 182. The summed E-state index contributed by atoms with van der Waals surface area (Å²) in [5.74, 6) is 0. The minimum absolute atomic E-state index is 0.103. The van der Waals surface area contributed by atoms with E-state index in [9.17, 15) is 8.78 Å². The fourth-order valence-corrected chi connectivity index (χ4v) is 0.861. The van der Waals surface area contributed by atoms with Crippen molar-refractivity contribution >= 4 is 0 Å². The molecule has 0 amide bonds. The van der Waals surface area contributed by atoms with Crippen molar-refractivity contribution in [2.75, 3.05) is 6.54 Å². The van der Waals surface area contributed by atoms with Gasteiger partial charge in [0.25, 0.3) is 6.43 Å². The Morgan fingerprint density at radius 3 is 2.70 bits per heavy atom. The molecule has 0 atom stereocenters. The van der Waals surface area contributed by atoms with Crippen molar-refractivity contribution in [1.29, 1.82) is 0 Å². The van der Waals surface area contributed by atoms with Gasteiger partial charge in [-0.25, -0.2) is 8.78 Å². The summed E-state index contributed by atoms with van der Waals surface area (Å²) in [7, 11) is 0. The predicted octanol–water partition coefficient (Wildman–Crippen LogP) is 1.68. The Kier molecular flexibility index (Phi) is 2.04. The van der Waals surface area contributed by atoms with Crippen LogP contribution in [0.15, 0.2) is 23.4 Å². The number of halogens is 2. The summed E-state index contributed by atoms with van der Waals surface area (Å²) in [6.45, 7) is 2.31. The van der Waals surface area contributed by atoms with Crippen LogP contribution in [0.1, 0.15) is 6.92 Å². The number of hydrogen-bond acceptors (Lipinski definition) is 1. The maximum absolute atomic E-state index is 12.0. The minimum Gasteiger partial charge on any atom is -0.385 e. The van der Waals surface area contributed by atoms with E-state index in [4.69, 9.17) is 0 Å². The summed E-state index contributed by atoms with van der Waals surface area (Å²) in [6, 6.07) is 0. The van der Waals surface area contributed by atoms with Gasteiger partial charge in [-0.3, -0.25) is 0 Å². The van der Waals surface area contributed by atoms with Crippen LogP contribution in [-0.2, 0) is 0 Å². The normalized spacial score (nSPS) is 18.0. The van der Waals surface area contributed by atoms with Crippen LogP contribution in [0.25, 0.3) is 0 Å². The molecular weight excluding hydrogens is 136 g/mol. The molecule has 3 heteroatoms. The van der Waals surface area contributed by atoms with Crippen LogP contribution in [0.3, 0.4) is 0 Å². The quantitative estimate of drug-likeness (QED) is 0.592. The van der Waals surface area contributed by atoms with Crippen LogP contribution in [0.2, 0.25) is 0 Å². The van der Waals surface area contributed by atoms with E-state index >= 15 is 0 Å². The third-order valence-electron chi connectivity index (χ3n) is 1.45. The van der Waals surface area contributed by atoms with Gasteiger partial charge in [0.05, 0.1) is 0 Å². The number of hydrogen-bond donors (Lipinski definition) is 1. The summed E-state index contributed by atoms with van der Waals surface area (Å²) in [4.78, 5) is 0. The molecule has 10 heavy (non-hydrogen) atoms. The summed E-state index contributed by atoms with van der Waals surface area (Å²) in [6.07, 6.45) is 0.800. The van der Waals surface area contributed by atoms with Gasteiger partial charge in [-0.2, -0.15) is 0 Å². The number of allylic oxidation sites excluding steroid dienone is 3. The molecule has 0 aromatic heterocycles. The van der Waals surface area contributed by atoms with E-state index in [0.29, 0.717) is 12.2 Å². The molecule has 0 unspecified atom stereocenters. The first-order valence-electron chi connectivity index (χ1n) is 3.11. The second-order valence-corrected chi connectivity index (χ2v) is 2.16. The van der Waals surface area contributed by atoms with E-state index in [1.807, 2.05) is 0 Å². The Balaban J connectivity index is 2.79. The van der Waals surface area contributed by atoms with E-state index in [0.717, 1.165) is 0 Å². The second-order valence-electron chi connectivity index (χ2n) is 2.16. The molecule has 0 fully saturated rings. The van der Waals surface area contributed by atoms with Crippen molar-refractivity contribution in [3.8, 4) is 0 Å². The summed E-state index contributed by atoms with van der Waals surface area (Å²) < 4.78 is 24.0. The zero-order valence-electron chi connectivity index (χ0n) is 5.70. The lowest BCUT2D eigenvalue weighted by atomic mass is 10.1. The van der Waals surface area contributed by atoms with Gasteiger partial charge in [-0.05, 0) is 6.92 Å². The summed E-state index contributed by atoms with van der Waals surface area (Å²) >= 11 is 0. The van der Waals surface area contributed by atoms with E-state index in [2.05, 4.69) is 5.32 Å². The zero-order valence-corrected chi connectivity index (χ0v) is 5.70. The first-order chi connectivity index (χ1) is 4.72. The average molecular weight is 145 g/mol. The van der Waals surface area contributed by atoms with Crippen LogP contribution in [0.5, 0.6) is 0 Å². The Labute approximate surface area is 58.4 Å². The molecule has 1 aliphatic rings. The molecular formula is C7H9F2N.